The molecular weight excluding hydrogens is 357 g/mol. The van der Waals surface area contributed by atoms with Gasteiger partial charge in [0.1, 0.15) is 17.4 Å². The van der Waals surface area contributed by atoms with E-state index in [1.165, 1.54) is 24.3 Å². The lowest BCUT2D eigenvalue weighted by Crippen LogP contribution is -2.18. The van der Waals surface area contributed by atoms with Crippen LogP contribution in [0.15, 0.2) is 60.8 Å². The maximum Gasteiger partial charge on any atom is 0.228 e. The van der Waals surface area contributed by atoms with Crippen LogP contribution in [0, 0.1) is 5.82 Å². The number of anilines is 1. The minimum atomic E-state index is -0.332. The van der Waals surface area contributed by atoms with Crippen molar-refractivity contribution in [1.29, 1.82) is 0 Å². The fraction of sp³-hybridized carbons (Fsp3) is 0.158. The van der Waals surface area contributed by atoms with Crippen molar-refractivity contribution in [3.8, 4) is 5.75 Å². The average Bonchev–Trinajstić information content (AvgIpc) is 3.05. The third kappa shape index (κ3) is 4.83. The highest BCUT2D eigenvalue weighted by Gasteiger charge is 2.09. The van der Waals surface area contributed by atoms with Gasteiger partial charge < -0.3 is 10.1 Å². The summed E-state index contributed by atoms with van der Waals surface area (Å²) in [6.45, 7) is 0.643. The lowest BCUT2D eigenvalue weighted by molar-refractivity contribution is -0.116. The Balaban J connectivity index is 1.52. The largest absolute Gasteiger partial charge is 0.493 e. The molecule has 0 aliphatic rings. The maximum atomic E-state index is 12.8. The second kappa shape index (κ2) is 8.49. The maximum absolute atomic E-state index is 12.8. The minimum absolute atomic E-state index is 0.161. The van der Waals surface area contributed by atoms with Gasteiger partial charge in [-0.2, -0.15) is 5.10 Å². The Morgan fingerprint density at radius 2 is 1.92 bits per heavy atom. The van der Waals surface area contributed by atoms with Crippen LogP contribution in [0.5, 0.6) is 5.75 Å². The van der Waals surface area contributed by atoms with Crippen molar-refractivity contribution in [3.63, 3.8) is 0 Å². The van der Waals surface area contributed by atoms with Crippen LogP contribution in [0.4, 0.5) is 10.2 Å². The Morgan fingerprint density at radius 3 is 2.69 bits per heavy atom. The first kappa shape index (κ1) is 17.9. The number of carbonyl (C=O) groups is 1. The number of nitrogens with one attached hydrogen (secondary N) is 1. The zero-order valence-electron chi connectivity index (χ0n) is 13.9. The summed E-state index contributed by atoms with van der Waals surface area (Å²) in [6, 6.07) is 14.9. The number of carbonyl (C=O) groups excluding carboxylic acids is 1. The van der Waals surface area contributed by atoms with Crippen LogP contribution in [0.2, 0.25) is 5.02 Å². The van der Waals surface area contributed by atoms with Crippen LogP contribution >= 0.6 is 11.6 Å². The Labute approximate surface area is 155 Å². The van der Waals surface area contributed by atoms with Gasteiger partial charge in [0.2, 0.25) is 5.91 Å². The fourth-order valence-corrected chi connectivity index (χ4v) is 2.55. The molecule has 0 aliphatic carbocycles. The molecule has 5 nitrogen and oxygen atoms in total. The Hall–Kier alpha value is -2.86. The summed E-state index contributed by atoms with van der Waals surface area (Å²) in [7, 11) is 0. The molecule has 0 spiro atoms. The van der Waals surface area contributed by atoms with Gasteiger partial charge in [-0.25, -0.2) is 9.07 Å². The van der Waals surface area contributed by atoms with Gasteiger partial charge in [-0.05, 0) is 35.9 Å². The zero-order valence-corrected chi connectivity index (χ0v) is 14.6. The van der Waals surface area contributed by atoms with Crippen molar-refractivity contribution in [2.75, 3.05) is 11.9 Å². The molecule has 0 aliphatic heterocycles. The van der Waals surface area contributed by atoms with Crippen LogP contribution < -0.4 is 10.1 Å². The van der Waals surface area contributed by atoms with Gasteiger partial charge in [0.05, 0.1) is 25.8 Å². The van der Waals surface area contributed by atoms with E-state index in [1.54, 1.807) is 16.9 Å². The van der Waals surface area contributed by atoms with Gasteiger partial charge in [-0.1, -0.05) is 29.8 Å². The molecule has 0 radical (unpaired) electrons. The van der Waals surface area contributed by atoms with Crippen molar-refractivity contribution in [2.45, 2.75) is 13.0 Å². The molecule has 134 valence electrons. The first-order chi connectivity index (χ1) is 12.6. The lowest BCUT2D eigenvalue weighted by atomic mass is 10.2. The summed E-state index contributed by atoms with van der Waals surface area (Å²) in [4.78, 5) is 12.1. The van der Waals surface area contributed by atoms with E-state index >= 15 is 0 Å². The number of hydrogen-bond donors (Lipinski definition) is 1. The van der Waals surface area contributed by atoms with Gasteiger partial charge in [0.15, 0.2) is 0 Å². The number of aromatic nitrogens is 2. The van der Waals surface area contributed by atoms with Gasteiger partial charge in [-0.3, -0.25) is 4.79 Å². The summed E-state index contributed by atoms with van der Waals surface area (Å²) in [5, 5.41) is 7.67. The van der Waals surface area contributed by atoms with Gasteiger partial charge in [-0.15, -0.1) is 0 Å². The normalized spacial score (nSPS) is 10.5. The third-order valence-electron chi connectivity index (χ3n) is 3.67. The SMILES string of the molecule is O=C(CCOc1ccc(F)cc1)Nc1ccnn1Cc1ccccc1Cl. The lowest BCUT2D eigenvalue weighted by Gasteiger charge is -2.10. The van der Waals surface area contributed by atoms with E-state index in [1.807, 2.05) is 24.3 Å². The predicted octanol–water partition coefficient (Wildman–Crippen LogP) is 4.13. The topological polar surface area (TPSA) is 56.1 Å². The molecule has 1 heterocycles. The molecule has 0 bridgehead atoms. The molecule has 1 aromatic heterocycles. The van der Waals surface area contributed by atoms with Crippen molar-refractivity contribution >= 4 is 23.3 Å². The van der Waals surface area contributed by atoms with Gasteiger partial charge >= 0.3 is 0 Å². The van der Waals surface area contributed by atoms with E-state index in [-0.39, 0.29) is 24.8 Å². The number of nitrogens with zero attached hydrogens (tertiary/aromatic N) is 2. The first-order valence-corrected chi connectivity index (χ1v) is 8.43. The van der Waals surface area contributed by atoms with E-state index in [2.05, 4.69) is 10.4 Å². The molecule has 0 fully saturated rings. The predicted molar refractivity (Wildman–Crippen MR) is 97.9 cm³/mol. The summed E-state index contributed by atoms with van der Waals surface area (Å²) in [5.74, 6) is 0.564. The van der Waals surface area contributed by atoms with E-state index in [0.29, 0.717) is 23.1 Å². The van der Waals surface area contributed by atoms with Crippen molar-refractivity contribution in [1.82, 2.24) is 9.78 Å². The number of amides is 1. The first-order valence-electron chi connectivity index (χ1n) is 8.05. The van der Waals surface area contributed by atoms with E-state index in [4.69, 9.17) is 16.3 Å². The van der Waals surface area contributed by atoms with Crippen LogP contribution in [-0.4, -0.2) is 22.3 Å². The van der Waals surface area contributed by atoms with Crippen molar-refractivity contribution < 1.29 is 13.9 Å². The number of rotatable bonds is 7. The van der Waals surface area contributed by atoms with Gasteiger partial charge in [0.25, 0.3) is 0 Å². The minimum Gasteiger partial charge on any atom is -0.493 e. The number of hydrogen-bond acceptors (Lipinski definition) is 3. The van der Waals surface area contributed by atoms with Crippen LogP contribution in [0.25, 0.3) is 0 Å². The Kier molecular flexibility index (Phi) is 5.86. The molecule has 0 saturated carbocycles. The molecule has 1 N–H and O–H groups in total. The monoisotopic (exact) mass is 373 g/mol. The molecule has 0 atom stereocenters. The molecule has 3 aromatic rings. The Bertz CT molecular complexity index is 881. The molecule has 26 heavy (non-hydrogen) atoms. The second-order valence-electron chi connectivity index (χ2n) is 5.57. The van der Waals surface area contributed by atoms with Crippen LogP contribution in [0.3, 0.4) is 0 Å². The number of ether oxygens (including phenoxy) is 1. The molecule has 2 aromatic carbocycles. The van der Waals surface area contributed by atoms with Crippen LogP contribution in [-0.2, 0) is 11.3 Å². The molecule has 1 amide bonds. The molecule has 3 rings (SSSR count). The molecule has 0 saturated heterocycles. The van der Waals surface area contributed by atoms with Gasteiger partial charge in [0, 0.05) is 11.1 Å². The molecule has 0 unspecified atom stereocenters. The summed E-state index contributed by atoms with van der Waals surface area (Å²) < 4.78 is 19.9. The fourth-order valence-electron chi connectivity index (χ4n) is 2.35. The average molecular weight is 374 g/mol. The highest BCUT2D eigenvalue weighted by molar-refractivity contribution is 6.31. The van der Waals surface area contributed by atoms with E-state index < -0.39 is 0 Å². The van der Waals surface area contributed by atoms with Crippen molar-refractivity contribution in [2.24, 2.45) is 0 Å². The smallest absolute Gasteiger partial charge is 0.228 e. The highest BCUT2D eigenvalue weighted by Crippen LogP contribution is 2.18. The van der Waals surface area contributed by atoms with E-state index in [9.17, 15) is 9.18 Å². The zero-order chi connectivity index (χ0) is 18.4. The third-order valence-corrected chi connectivity index (χ3v) is 4.04. The molecule has 7 heteroatoms. The van der Waals surface area contributed by atoms with E-state index in [0.717, 1.165) is 5.56 Å². The molecular formula is C19H17ClFN3O2. The summed E-state index contributed by atoms with van der Waals surface area (Å²) in [5.41, 5.74) is 0.910. The number of halogens is 2. The Morgan fingerprint density at radius 1 is 1.15 bits per heavy atom. The second-order valence-corrected chi connectivity index (χ2v) is 5.97. The van der Waals surface area contributed by atoms with Crippen molar-refractivity contribution in [3.05, 3.63) is 77.2 Å². The number of benzene rings is 2. The quantitative estimate of drug-likeness (QED) is 0.677. The summed E-state index contributed by atoms with van der Waals surface area (Å²) >= 11 is 6.17. The standard InChI is InChI=1S/C19H17ClFN3O2/c20-17-4-2-1-3-14(17)13-24-18(9-11-22-24)23-19(25)10-12-26-16-7-5-15(21)6-8-16/h1-9,11H,10,12-13H2,(H,23,25). The van der Waals surface area contributed by atoms with Crippen LogP contribution in [0.1, 0.15) is 12.0 Å². The summed E-state index contributed by atoms with van der Waals surface area (Å²) in [6.07, 6.45) is 1.77. The highest BCUT2D eigenvalue weighted by atomic mass is 35.5.